The average molecular weight is 417 g/mol. The molecule has 156 valence electrons. The summed E-state index contributed by atoms with van der Waals surface area (Å²) in [6, 6.07) is 14.2. The molecule has 2 aromatic carbocycles. The Bertz CT molecular complexity index is 916. The molecule has 2 aromatic rings. The van der Waals surface area contributed by atoms with Crippen molar-refractivity contribution in [2.24, 2.45) is 0 Å². The number of hydrogen-bond donors (Lipinski definition) is 1. The number of carbonyl (C=O) groups excluding carboxylic acids is 1. The topological polar surface area (TPSA) is 75.7 Å². The van der Waals surface area contributed by atoms with Crippen molar-refractivity contribution in [1.29, 1.82) is 0 Å². The number of ether oxygens (including phenoxy) is 1. The van der Waals surface area contributed by atoms with Crippen molar-refractivity contribution in [2.45, 2.75) is 25.2 Å². The standard InChI is InChI=1S/C22H28N2O4S/c1-4-24(5-2)29(26,27)21-13-8-18(9-14-21)10-15-22(25)23-17-16-19-6-11-20(28-3)12-7-19/h6-15H,4-5,16-17H2,1-3H3,(H,23,25)/b15-10+. The van der Waals surface area contributed by atoms with E-state index >= 15 is 0 Å². The zero-order valence-corrected chi connectivity index (χ0v) is 17.9. The second-order valence-electron chi connectivity index (χ2n) is 6.38. The van der Waals surface area contributed by atoms with Gasteiger partial charge in [0.25, 0.3) is 0 Å². The van der Waals surface area contributed by atoms with Crippen molar-refractivity contribution in [3.8, 4) is 5.75 Å². The summed E-state index contributed by atoms with van der Waals surface area (Å²) < 4.78 is 31.5. The molecule has 0 spiro atoms. The smallest absolute Gasteiger partial charge is 0.244 e. The number of hydrogen-bond acceptors (Lipinski definition) is 4. The number of sulfonamides is 1. The molecule has 0 saturated heterocycles. The highest BCUT2D eigenvalue weighted by molar-refractivity contribution is 7.89. The monoisotopic (exact) mass is 416 g/mol. The van der Waals surface area contributed by atoms with Gasteiger partial charge in [-0.1, -0.05) is 38.1 Å². The lowest BCUT2D eigenvalue weighted by Crippen LogP contribution is -2.30. The molecule has 0 heterocycles. The molecule has 0 radical (unpaired) electrons. The van der Waals surface area contributed by atoms with Gasteiger partial charge in [-0.15, -0.1) is 0 Å². The van der Waals surface area contributed by atoms with Crippen LogP contribution in [0.15, 0.2) is 59.5 Å². The van der Waals surface area contributed by atoms with Gasteiger partial charge in [-0.25, -0.2) is 8.42 Å². The van der Waals surface area contributed by atoms with Crippen LogP contribution in [0.2, 0.25) is 0 Å². The first-order chi connectivity index (χ1) is 13.9. The highest BCUT2D eigenvalue weighted by Gasteiger charge is 2.20. The van der Waals surface area contributed by atoms with Gasteiger partial charge in [-0.2, -0.15) is 4.31 Å². The Morgan fingerprint density at radius 3 is 2.21 bits per heavy atom. The molecule has 0 aliphatic heterocycles. The maximum Gasteiger partial charge on any atom is 0.244 e. The van der Waals surface area contributed by atoms with Gasteiger partial charge in [-0.3, -0.25) is 4.79 Å². The summed E-state index contributed by atoms with van der Waals surface area (Å²) in [6.45, 7) is 5.00. The summed E-state index contributed by atoms with van der Waals surface area (Å²) in [6.07, 6.45) is 3.83. The van der Waals surface area contributed by atoms with Crippen LogP contribution in [0.25, 0.3) is 6.08 Å². The summed E-state index contributed by atoms with van der Waals surface area (Å²) in [5, 5.41) is 2.84. The first-order valence-corrected chi connectivity index (χ1v) is 11.0. The number of methoxy groups -OCH3 is 1. The molecule has 0 aromatic heterocycles. The number of carbonyl (C=O) groups is 1. The van der Waals surface area contributed by atoms with Gasteiger partial charge in [0.15, 0.2) is 0 Å². The zero-order chi connectivity index (χ0) is 21.3. The van der Waals surface area contributed by atoms with Crippen LogP contribution >= 0.6 is 0 Å². The van der Waals surface area contributed by atoms with E-state index in [2.05, 4.69) is 5.32 Å². The first kappa shape index (κ1) is 22.6. The van der Waals surface area contributed by atoms with Crippen molar-refractivity contribution in [1.82, 2.24) is 9.62 Å². The summed E-state index contributed by atoms with van der Waals surface area (Å²) >= 11 is 0. The van der Waals surface area contributed by atoms with Crippen LogP contribution < -0.4 is 10.1 Å². The highest BCUT2D eigenvalue weighted by atomic mass is 32.2. The van der Waals surface area contributed by atoms with Gasteiger partial charge in [0, 0.05) is 25.7 Å². The van der Waals surface area contributed by atoms with Gasteiger partial charge in [0.05, 0.1) is 12.0 Å². The van der Waals surface area contributed by atoms with Crippen LogP contribution in [0.1, 0.15) is 25.0 Å². The molecule has 2 rings (SSSR count). The fourth-order valence-corrected chi connectivity index (χ4v) is 4.27. The van der Waals surface area contributed by atoms with Crippen LogP contribution in [-0.2, 0) is 21.2 Å². The Labute approximate surface area is 173 Å². The predicted molar refractivity (Wildman–Crippen MR) is 115 cm³/mol. The highest BCUT2D eigenvalue weighted by Crippen LogP contribution is 2.16. The number of nitrogens with one attached hydrogen (secondary N) is 1. The average Bonchev–Trinajstić information content (AvgIpc) is 2.73. The van der Waals surface area contributed by atoms with E-state index in [0.717, 1.165) is 23.3 Å². The lowest BCUT2D eigenvalue weighted by molar-refractivity contribution is -0.116. The molecule has 0 unspecified atom stereocenters. The summed E-state index contributed by atoms with van der Waals surface area (Å²) in [7, 11) is -1.85. The fraction of sp³-hybridized carbons (Fsp3) is 0.318. The van der Waals surface area contributed by atoms with Gasteiger partial charge >= 0.3 is 0 Å². The third kappa shape index (κ3) is 6.44. The zero-order valence-electron chi connectivity index (χ0n) is 17.1. The van der Waals surface area contributed by atoms with Crippen molar-refractivity contribution in [2.75, 3.05) is 26.7 Å². The van der Waals surface area contributed by atoms with Gasteiger partial charge in [-0.05, 0) is 47.9 Å². The Morgan fingerprint density at radius 1 is 1.03 bits per heavy atom. The molecule has 1 amide bonds. The second kappa shape index (κ2) is 10.8. The van der Waals surface area contributed by atoms with E-state index in [0.29, 0.717) is 19.6 Å². The maximum absolute atomic E-state index is 12.5. The minimum atomic E-state index is -3.47. The number of nitrogens with zero attached hydrogens (tertiary/aromatic N) is 1. The first-order valence-electron chi connectivity index (χ1n) is 9.59. The van der Waals surface area contributed by atoms with E-state index in [1.807, 2.05) is 38.1 Å². The molecule has 0 atom stereocenters. The Balaban J connectivity index is 1.88. The predicted octanol–water partition coefficient (Wildman–Crippen LogP) is 3.10. The largest absolute Gasteiger partial charge is 0.497 e. The molecule has 0 aliphatic rings. The van der Waals surface area contributed by atoms with Crippen LogP contribution in [0.4, 0.5) is 0 Å². The van der Waals surface area contributed by atoms with Crippen molar-refractivity contribution in [3.05, 3.63) is 65.7 Å². The van der Waals surface area contributed by atoms with Crippen LogP contribution in [0, 0.1) is 0 Å². The third-order valence-electron chi connectivity index (χ3n) is 4.52. The maximum atomic E-state index is 12.5. The molecule has 0 aliphatic carbocycles. The quantitative estimate of drug-likeness (QED) is 0.604. The SMILES string of the molecule is CCN(CC)S(=O)(=O)c1ccc(/C=C/C(=O)NCCc2ccc(OC)cc2)cc1. The summed E-state index contributed by atoms with van der Waals surface area (Å²) in [4.78, 5) is 12.2. The van der Waals surface area contributed by atoms with Crippen molar-refractivity contribution in [3.63, 3.8) is 0 Å². The Hall–Kier alpha value is -2.64. The van der Waals surface area contributed by atoms with Crippen molar-refractivity contribution < 1.29 is 17.9 Å². The van der Waals surface area contributed by atoms with Crippen molar-refractivity contribution >= 4 is 22.0 Å². The number of benzene rings is 2. The van der Waals surface area contributed by atoms with Gasteiger partial charge in [0.1, 0.15) is 5.75 Å². The van der Waals surface area contributed by atoms with E-state index in [1.54, 1.807) is 37.5 Å². The van der Waals surface area contributed by atoms with Gasteiger partial charge in [0.2, 0.25) is 15.9 Å². The van der Waals surface area contributed by atoms with E-state index in [4.69, 9.17) is 4.74 Å². The summed E-state index contributed by atoms with van der Waals surface area (Å²) in [5.74, 6) is 0.606. The molecule has 0 saturated carbocycles. The summed E-state index contributed by atoms with van der Waals surface area (Å²) in [5.41, 5.74) is 1.87. The normalized spacial score (nSPS) is 11.7. The Kier molecular flexibility index (Phi) is 8.42. The molecule has 0 fully saturated rings. The van der Waals surface area contributed by atoms with E-state index in [9.17, 15) is 13.2 Å². The molecule has 29 heavy (non-hydrogen) atoms. The van der Waals surface area contributed by atoms with Gasteiger partial charge < -0.3 is 10.1 Å². The molecule has 6 nitrogen and oxygen atoms in total. The minimum Gasteiger partial charge on any atom is -0.497 e. The molecule has 7 heteroatoms. The minimum absolute atomic E-state index is 0.196. The van der Waals surface area contributed by atoms with E-state index in [1.165, 1.54) is 10.4 Å². The second-order valence-corrected chi connectivity index (χ2v) is 8.32. The lowest BCUT2D eigenvalue weighted by Gasteiger charge is -2.18. The number of rotatable bonds is 10. The van der Waals surface area contributed by atoms with E-state index in [-0.39, 0.29) is 10.8 Å². The van der Waals surface area contributed by atoms with E-state index < -0.39 is 10.0 Å². The Morgan fingerprint density at radius 2 is 1.66 bits per heavy atom. The molecule has 1 N–H and O–H groups in total. The van der Waals surface area contributed by atoms with Crippen LogP contribution in [-0.4, -0.2) is 45.4 Å². The molecular weight excluding hydrogens is 388 g/mol. The molecule has 0 bridgehead atoms. The fourth-order valence-electron chi connectivity index (χ4n) is 2.82. The van der Waals surface area contributed by atoms with Crippen LogP contribution in [0.3, 0.4) is 0 Å². The third-order valence-corrected chi connectivity index (χ3v) is 6.59. The molecular formula is C22H28N2O4S. The number of amides is 1. The van der Waals surface area contributed by atoms with Crippen LogP contribution in [0.5, 0.6) is 5.75 Å². The lowest BCUT2D eigenvalue weighted by atomic mass is 10.1.